The third-order valence-corrected chi connectivity index (χ3v) is 2.96. The minimum Gasteiger partial charge on any atom is -0.347 e. The van der Waals surface area contributed by atoms with E-state index in [1.807, 2.05) is 30.3 Å². The predicted molar refractivity (Wildman–Crippen MR) is 68.1 cm³/mol. The van der Waals surface area contributed by atoms with Crippen LogP contribution in [0.2, 0.25) is 0 Å². The van der Waals surface area contributed by atoms with Gasteiger partial charge in [0, 0.05) is 31.7 Å². The van der Waals surface area contributed by atoms with Gasteiger partial charge in [-0.3, -0.25) is 4.79 Å². The van der Waals surface area contributed by atoms with Gasteiger partial charge in [-0.15, -0.1) is 0 Å². The monoisotopic (exact) mass is 233 g/mol. The summed E-state index contributed by atoms with van der Waals surface area (Å²) in [6, 6.07) is 9.53. The molecule has 1 saturated heterocycles. The SMILES string of the molecule is CN1CCNCC(NC(=O)c2ccccc2)C1. The van der Waals surface area contributed by atoms with Crippen LogP contribution in [0.15, 0.2) is 30.3 Å². The van der Waals surface area contributed by atoms with E-state index in [2.05, 4.69) is 22.6 Å². The van der Waals surface area contributed by atoms with Crippen molar-refractivity contribution in [2.45, 2.75) is 6.04 Å². The maximum atomic E-state index is 12.0. The van der Waals surface area contributed by atoms with Crippen LogP contribution in [-0.4, -0.2) is 50.1 Å². The van der Waals surface area contributed by atoms with Crippen LogP contribution in [0.3, 0.4) is 0 Å². The third kappa shape index (κ3) is 3.54. The standard InChI is InChI=1S/C13H19N3O/c1-16-8-7-14-9-12(10-16)15-13(17)11-5-3-2-4-6-11/h2-6,12,14H,7-10H2,1H3,(H,15,17). The number of nitrogens with zero attached hydrogens (tertiary/aromatic N) is 1. The van der Waals surface area contributed by atoms with Gasteiger partial charge in [0.05, 0.1) is 6.04 Å². The van der Waals surface area contributed by atoms with Crippen molar-refractivity contribution in [2.75, 3.05) is 33.2 Å². The minimum atomic E-state index is 0.00713. The van der Waals surface area contributed by atoms with Crippen molar-refractivity contribution < 1.29 is 4.79 Å². The zero-order valence-electron chi connectivity index (χ0n) is 10.1. The molecule has 0 spiro atoms. The molecule has 1 fully saturated rings. The lowest BCUT2D eigenvalue weighted by molar-refractivity contribution is 0.0931. The van der Waals surface area contributed by atoms with Crippen molar-refractivity contribution in [3.8, 4) is 0 Å². The first kappa shape index (κ1) is 12.1. The van der Waals surface area contributed by atoms with Crippen LogP contribution in [0, 0.1) is 0 Å². The zero-order valence-corrected chi connectivity index (χ0v) is 10.1. The summed E-state index contributed by atoms with van der Waals surface area (Å²) in [5.41, 5.74) is 0.722. The number of hydrogen-bond donors (Lipinski definition) is 2. The fraction of sp³-hybridized carbons (Fsp3) is 0.462. The molecule has 1 amide bonds. The summed E-state index contributed by atoms with van der Waals surface area (Å²) in [5.74, 6) is 0.00713. The number of nitrogens with one attached hydrogen (secondary N) is 2. The van der Waals surface area contributed by atoms with Crippen LogP contribution in [0.1, 0.15) is 10.4 Å². The van der Waals surface area contributed by atoms with Gasteiger partial charge in [0.2, 0.25) is 0 Å². The Hall–Kier alpha value is -1.39. The topological polar surface area (TPSA) is 44.4 Å². The number of benzene rings is 1. The molecule has 1 heterocycles. The summed E-state index contributed by atoms with van der Waals surface area (Å²) in [7, 11) is 2.08. The lowest BCUT2D eigenvalue weighted by Gasteiger charge is -2.20. The molecule has 0 bridgehead atoms. The van der Waals surface area contributed by atoms with E-state index in [9.17, 15) is 4.79 Å². The van der Waals surface area contributed by atoms with Gasteiger partial charge in [-0.2, -0.15) is 0 Å². The molecule has 92 valence electrons. The maximum absolute atomic E-state index is 12.0. The van der Waals surface area contributed by atoms with Gasteiger partial charge in [-0.05, 0) is 19.2 Å². The van der Waals surface area contributed by atoms with Gasteiger partial charge in [0.15, 0.2) is 0 Å². The largest absolute Gasteiger partial charge is 0.347 e. The molecule has 4 heteroatoms. The Morgan fingerprint density at radius 2 is 2.18 bits per heavy atom. The smallest absolute Gasteiger partial charge is 0.251 e. The molecule has 4 nitrogen and oxygen atoms in total. The van der Waals surface area contributed by atoms with E-state index in [4.69, 9.17) is 0 Å². The second-order valence-corrected chi connectivity index (χ2v) is 4.50. The first-order chi connectivity index (χ1) is 8.25. The highest BCUT2D eigenvalue weighted by Gasteiger charge is 2.17. The molecule has 1 unspecified atom stereocenters. The second-order valence-electron chi connectivity index (χ2n) is 4.50. The van der Waals surface area contributed by atoms with Crippen molar-refractivity contribution in [2.24, 2.45) is 0 Å². The quantitative estimate of drug-likeness (QED) is 0.773. The highest BCUT2D eigenvalue weighted by atomic mass is 16.1. The number of carbonyl (C=O) groups excluding carboxylic acids is 1. The number of likely N-dealkylation sites (N-methyl/N-ethyl adjacent to an activating group) is 1. The van der Waals surface area contributed by atoms with Crippen LogP contribution in [-0.2, 0) is 0 Å². The van der Waals surface area contributed by atoms with E-state index in [-0.39, 0.29) is 11.9 Å². The van der Waals surface area contributed by atoms with E-state index < -0.39 is 0 Å². The third-order valence-electron chi connectivity index (χ3n) is 2.96. The first-order valence-electron chi connectivity index (χ1n) is 6.01. The lowest BCUT2D eigenvalue weighted by atomic mass is 10.2. The van der Waals surface area contributed by atoms with E-state index >= 15 is 0 Å². The van der Waals surface area contributed by atoms with Gasteiger partial charge in [-0.25, -0.2) is 0 Å². The van der Waals surface area contributed by atoms with Crippen LogP contribution >= 0.6 is 0 Å². The van der Waals surface area contributed by atoms with E-state index in [0.717, 1.165) is 31.7 Å². The normalized spacial score (nSPS) is 21.8. The van der Waals surface area contributed by atoms with Crippen molar-refractivity contribution in [1.29, 1.82) is 0 Å². The molecule has 0 aromatic heterocycles. The fourth-order valence-electron chi connectivity index (χ4n) is 2.03. The molecule has 2 N–H and O–H groups in total. The summed E-state index contributed by atoms with van der Waals surface area (Å²) >= 11 is 0. The number of carbonyl (C=O) groups is 1. The van der Waals surface area contributed by atoms with Crippen LogP contribution < -0.4 is 10.6 Å². The van der Waals surface area contributed by atoms with Crippen molar-refractivity contribution >= 4 is 5.91 Å². The summed E-state index contributed by atoms with van der Waals surface area (Å²) in [4.78, 5) is 14.2. The highest BCUT2D eigenvalue weighted by molar-refractivity contribution is 5.94. The average Bonchev–Trinajstić information content (AvgIpc) is 2.55. The zero-order chi connectivity index (χ0) is 12.1. The van der Waals surface area contributed by atoms with Gasteiger partial charge < -0.3 is 15.5 Å². The number of hydrogen-bond acceptors (Lipinski definition) is 3. The molecule has 1 atom stereocenters. The predicted octanol–water partition coefficient (Wildman–Crippen LogP) is 0.320. The Balaban J connectivity index is 1.94. The van der Waals surface area contributed by atoms with Crippen LogP contribution in [0.5, 0.6) is 0 Å². The summed E-state index contributed by atoms with van der Waals surface area (Å²) in [5, 5.41) is 6.39. The van der Waals surface area contributed by atoms with E-state index in [0.29, 0.717) is 0 Å². The van der Waals surface area contributed by atoms with Crippen LogP contribution in [0.4, 0.5) is 0 Å². The number of rotatable bonds is 2. The molecular weight excluding hydrogens is 214 g/mol. The summed E-state index contributed by atoms with van der Waals surface area (Å²) in [6.07, 6.45) is 0. The van der Waals surface area contributed by atoms with Crippen molar-refractivity contribution in [1.82, 2.24) is 15.5 Å². The Kier molecular flexibility index (Phi) is 4.12. The Labute approximate surface area is 102 Å². The molecule has 1 aromatic carbocycles. The van der Waals surface area contributed by atoms with Gasteiger partial charge in [-0.1, -0.05) is 18.2 Å². The van der Waals surface area contributed by atoms with Gasteiger partial charge in [0.25, 0.3) is 5.91 Å². The Morgan fingerprint density at radius 1 is 1.41 bits per heavy atom. The van der Waals surface area contributed by atoms with Crippen LogP contribution in [0.25, 0.3) is 0 Å². The Bertz CT molecular complexity index is 366. The first-order valence-corrected chi connectivity index (χ1v) is 6.01. The molecule has 17 heavy (non-hydrogen) atoms. The highest BCUT2D eigenvalue weighted by Crippen LogP contribution is 2.00. The molecule has 0 aliphatic carbocycles. The van der Waals surface area contributed by atoms with Gasteiger partial charge >= 0.3 is 0 Å². The molecule has 1 aliphatic rings. The van der Waals surface area contributed by atoms with Gasteiger partial charge in [0.1, 0.15) is 0 Å². The molecule has 0 radical (unpaired) electrons. The lowest BCUT2D eigenvalue weighted by Crippen LogP contribution is -2.45. The fourth-order valence-corrected chi connectivity index (χ4v) is 2.03. The molecular formula is C13H19N3O. The average molecular weight is 233 g/mol. The summed E-state index contributed by atoms with van der Waals surface area (Å²) < 4.78 is 0. The minimum absolute atomic E-state index is 0.00713. The molecule has 1 aliphatic heterocycles. The molecule has 2 rings (SSSR count). The molecule has 0 saturated carbocycles. The van der Waals surface area contributed by atoms with Crippen molar-refractivity contribution in [3.63, 3.8) is 0 Å². The summed E-state index contributed by atoms with van der Waals surface area (Å²) in [6.45, 7) is 3.74. The Morgan fingerprint density at radius 3 is 2.94 bits per heavy atom. The van der Waals surface area contributed by atoms with E-state index in [1.54, 1.807) is 0 Å². The van der Waals surface area contributed by atoms with Crippen molar-refractivity contribution in [3.05, 3.63) is 35.9 Å². The maximum Gasteiger partial charge on any atom is 0.251 e. The second kappa shape index (κ2) is 5.80. The number of amides is 1. The molecule has 1 aromatic rings. The van der Waals surface area contributed by atoms with E-state index in [1.165, 1.54) is 0 Å².